The standard InChI is InChI=1S/C21H30O6/c1-10-11-6-7-12-19-9-5-8-18(2,3)13(19)16(24)21(25,27-17(19)26-4)20(12,14(10)22)15(11)23/h11-13,15-17,23-25H,1,5-9H2,2-4H3. The lowest BCUT2D eigenvalue weighted by molar-refractivity contribution is -0.500. The molecule has 6 fully saturated rings. The van der Waals surface area contributed by atoms with E-state index in [0.717, 1.165) is 19.3 Å². The van der Waals surface area contributed by atoms with Gasteiger partial charge in [0.2, 0.25) is 5.79 Å². The number of ketones is 1. The maximum atomic E-state index is 13.5. The summed E-state index contributed by atoms with van der Waals surface area (Å²) in [6, 6.07) is 0. The fourth-order valence-electron chi connectivity index (χ4n) is 8.27. The highest BCUT2D eigenvalue weighted by atomic mass is 16.7. The molecule has 0 radical (unpaired) electrons. The Labute approximate surface area is 159 Å². The van der Waals surface area contributed by atoms with Gasteiger partial charge in [-0.15, -0.1) is 0 Å². The molecule has 2 spiro atoms. The first-order valence-electron chi connectivity index (χ1n) is 10.1. The fraction of sp³-hybridized carbons (Fsp3) is 0.857. The molecule has 4 saturated carbocycles. The fourth-order valence-corrected chi connectivity index (χ4v) is 8.27. The van der Waals surface area contributed by atoms with Gasteiger partial charge in [0.25, 0.3) is 0 Å². The van der Waals surface area contributed by atoms with Crippen molar-refractivity contribution >= 4 is 5.78 Å². The van der Waals surface area contributed by atoms with E-state index in [-0.39, 0.29) is 29.0 Å². The van der Waals surface area contributed by atoms with E-state index >= 15 is 0 Å². The van der Waals surface area contributed by atoms with Crippen molar-refractivity contribution in [1.82, 2.24) is 0 Å². The minimum Gasteiger partial charge on any atom is -0.391 e. The van der Waals surface area contributed by atoms with E-state index in [4.69, 9.17) is 9.47 Å². The van der Waals surface area contributed by atoms with Gasteiger partial charge in [-0.2, -0.15) is 0 Å². The number of fused-ring (bicyclic) bond motifs is 2. The van der Waals surface area contributed by atoms with Crippen LogP contribution in [0.5, 0.6) is 0 Å². The first kappa shape index (κ1) is 18.3. The summed E-state index contributed by atoms with van der Waals surface area (Å²) in [7, 11) is 1.55. The van der Waals surface area contributed by atoms with Gasteiger partial charge in [0, 0.05) is 24.4 Å². The van der Waals surface area contributed by atoms with Crippen LogP contribution in [0.1, 0.15) is 46.0 Å². The van der Waals surface area contributed by atoms with Crippen molar-refractivity contribution in [2.24, 2.45) is 34.0 Å². The van der Waals surface area contributed by atoms with Crippen LogP contribution >= 0.6 is 0 Å². The van der Waals surface area contributed by atoms with Crippen molar-refractivity contribution in [2.45, 2.75) is 70.2 Å². The van der Waals surface area contributed by atoms with Crippen molar-refractivity contribution < 1.29 is 29.6 Å². The Morgan fingerprint density at radius 3 is 2.56 bits per heavy atom. The van der Waals surface area contributed by atoms with Gasteiger partial charge in [-0.05, 0) is 42.6 Å². The number of hydrogen-bond acceptors (Lipinski definition) is 6. The Morgan fingerprint density at radius 1 is 1.19 bits per heavy atom. The molecule has 0 amide bonds. The van der Waals surface area contributed by atoms with Gasteiger partial charge in [-0.25, -0.2) is 0 Å². The maximum Gasteiger partial charge on any atom is 0.211 e. The molecule has 2 heterocycles. The van der Waals surface area contributed by atoms with Crippen LogP contribution < -0.4 is 0 Å². The Balaban J connectivity index is 1.82. The lowest BCUT2D eigenvalue weighted by Crippen LogP contribution is -2.85. The minimum atomic E-state index is -2.17. The summed E-state index contributed by atoms with van der Waals surface area (Å²) < 4.78 is 11.8. The van der Waals surface area contributed by atoms with Crippen LogP contribution in [-0.2, 0) is 14.3 Å². The zero-order valence-corrected chi connectivity index (χ0v) is 16.3. The third-order valence-corrected chi connectivity index (χ3v) is 9.03. The largest absolute Gasteiger partial charge is 0.391 e. The highest BCUT2D eigenvalue weighted by Crippen LogP contribution is 2.77. The van der Waals surface area contributed by atoms with Gasteiger partial charge in [-0.1, -0.05) is 26.8 Å². The van der Waals surface area contributed by atoms with Gasteiger partial charge in [0.1, 0.15) is 11.5 Å². The van der Waals surface area contributed by atoms with Gasteiger partial charge >= 0.3 is 0 Å². The molecule has 2 saturated heterocycles. The van der Waals surface area contributed by atoms with Crippen LogP contribution in [0.3, 0.4) is 0 Å². The van der Waals surface area contributed by atoms with Crippen LogP contribution in [-0.4, -0.2) is 52.5 Å². The van der Waals surface area contributed by atoms with E-state index in [1.54, 1.807) is 7.11 Å². The Kier molecular flexibility index (Phi) is 3.40. The van der Waals surface area contributed by atoms with Crippen LogP contribution in [0.4, 0.5) is 0 Å². The summed E-state index contributed by atoms with van der Waals surface area (Å²) in [5.41, 5.74) is -2.05. The van der Waals surface area contributed by atoms with Crippen LogP contribution in [0.15, 0.2) is 12.2 Å². The number of aliphatic hydroxyl groups is 3. The van der Waals surface area contributed by atoms with Crippen LogP contribution in [0.25, 0.3) is 0 Å². The van der Waals surface area contributed by atoms with Gasteiger partial charge in [0.05, 0.1) is 6.10 Å². The van der Waals surface area contributed by atoms with Crippen molar-refractivity contribution in [3.8, 4) is 0 Å². The van der Waals surface area contributed by atoms with E-state index in [9.17, 15) is 20.1 Å². The molecular formula is C21H30O6. The van der Waals surface area contributed by atoms with Crippen molar-refractivity contribution in [1.29, 1.82) is 0 Å². The number of aliphatic hydroxyl groups excluding tert-OH is 2. The molecule has 4 aliphatic carbocycles. The predicted molar refractivity (Wildman–Crippen MR) is 95.2 cm³/mol. The molecule has 2 aliphatic heterocycles. The Bertz CT molecular complexity index is 732. The molecule has 150 valence electrons. The number of ether oxygens (including phenoxy) is 2. The molecule has 3 N–H and O–H groups in total. The van der Waals surface area contributed by atoms with Crippen molar-refractivity contribution in [2.75, 3.05) is 7.11 Å². The zero-order chi connectivity index (χ0) is 19.6. The van der Waals surface area contributed by atoms with E-state index in [0.29, 0.717) is 18.4 Å². The topological polar surface area (TPSA) is 96.2 Å². The molecule has 6 aliphatic rings. The normalized spacial score (nSPS) is 58.1. The molecule has 6 rings (SSSR count). The number of methoxy groups -OCH3 is 1. The Morgan fingerprint density at radius 2 is 1.89 bits per heavy atom. The van der Waals surface area contributed by atoms with E-state index in [1.165, 1.54) is 0 Å². The lowest BCUT2D eigenvalue weighted by atomic mass is 9.36. The number of hydrogen-bond donors (Lipinski definition) is 3. The van der Waals surface area contributed by atoms with E-state index in [1.807, 2.05) is 0 Å². The molecule has 6 nitrogen and oxygen atoms in total. The molecule has 0 aromatic rings. The first-order chi connectivity index (χ1) is 12.6. The second-order valence-electron chi connectivity index (χ2n) is 10.2. The number of rotatable bonds is 1. The second kappa shape index (κ2) is 5.03. The maximum absolute atomic E-state index is 13.5. The summed E-state index contributed by atoms with van der Waals surface area (Å²) in [6.45, 7) is 8.16. The second-order valence-corrected chi connectivity index (χ2v) is 10.2. The third-order valence-electron chi connectivity index (χ3n) is 9.03. The average molecular weight is 378 g/mol. The lowest BCUT2D eigenvalue weighted by Gasteiger charge is -2.75. The summed E-state index contributed by atoms with van der Waals surface area (Å²) in [5, 5.41) is 34.5. The average Bonchev–Trinajstić information content (AvgIpc) is 2.72. The van der Waals surface area contributed by atoms with Crippen molar-refractivity contribution in [3.05, 3.63) is 12.2 Å². The van der Waals surface area contributed by atoms with Crippen LogP contribution in [0.2, 0.25) is 0 Å². The molecule has 6 heteroatoms. The predicted octanol–water partition coefficient (Wildman–Crippen LogP) is 1.38. The molecule has 4 bridgehead atoms. The number of carbonyl (C=O) groups is 1. The summed E-state index contributed by atoms with van der Waals surface area (Å²) in [5.74, 6) is -3.46. The molecule has 0 aromatic heterocycles. The summed E-state index contributed by atoms with van der Waals surface area (Å²) in [4.78, 5) is 13.5. The molecule has 9 atom stereocenters. The molecule has 27 heavy (non-hydrogen) atoms. The minimum absolute atomic E-state index is 0.242. The van der Waals surface area contributed by atoms with E-state index in [2.05, 4.69) is 20.4 Å². The summed E-state index contributed by atoms with van der Waals surface area (Å²) in [6.07, 6.45) is 0.892. The molecular weight excluding hydrogens is 348 g/mol. The van der Waals surface area contributed by atoms with Gasteiger partial charge in [0.15, 0.2) is 12.1 Å². The van der Waals surface area contributed by atoms with E-state index < -0.39 is 35.1 Å². The smallest absolute Gasteiger partial charge is 0.211 e. The van der Waals surface area contributed by atoms with Gasteiger partial charge in [-0.3, -0.25) is 4.79 Å². The van der Waals surface area contributed by atoms with Crippen LogP contribution in [0, 0.1) is 34.0 Å². The molecule has 9 unspecified atom stereocenters. The SMILES string of the molecule is C=C1C(=O)C23C(O)C1CCC2C12CCCC(C)(C)C1C(O)C3(O)OC2OC. The quantitative estimate of drug-likeness (QED) is 0.597. The van der Waals surface area contributed by atoms with Crippen molar-refractivity contribution in [3.63, 3.8) is 0 Å². The monoisotopic (exact) mass is 378 g/mol. The highest BCUT2D eigenvalue weighted by molar-refractivity contribution is 6.05. The third kappa shape index (κ3) is 1.60. The number of carbonyl (C=O) groups excluding carboxylic acids is 1. The van der Waals surface area contributed by atoms with Gasteiger partial charge < -0.3 is 24.8 Å². The first-order valence-corrected chi connectivity index (χ1v) is 10.1. The zero-order valence-electron chi connectivity index (χ0n) is 16.3. The number of Topliss-reactive ketones (excluding diaryl/α,β-unsaturated/α-hetero) is 1. The summed E-state index contributed by atoms with van der Waals surface area (Å²) >= 11 is 0. The molecule has 0 aromatic carbocycles. The Hall–Kier alpha value is -0.790. The highest BCUT2D eigenvalue weighted by Gasteiger charge is 2.87.